The van der Waals surface area contributed by atoms with Crippen molar-refractivity contribution in [1.82, 2.24) is 4.98 Å². The number of hydrogen-bond acceptors (Lipinski definition) is 3. The second-order valence-electron chi connectivity index (χ2n) is 5.25. The fourth-order valence-electron chi connectivity index (χ4n) is 2.36. The van der Waals surface area contributed by atoms with Crippen LogP contribution in [-0.2, 0) is 17.6 Å². The summed E-state index contributed by atoms with van der Waals surface area (Å²) in [5, 5.41) is 4.12. The fourth-order valence-corrected chi connectivity index (χ4v) is 3.47. The second kappa shape index (κ2) is 6.71. The quantitative estimate of drug-likeness (QED) is 0.757. The highest BCUT2D eigenvalue weighted by atomic mass is 32.1. The Kier molecular flexibility index (Phi) is 4.49. The number of fused-ring (bicyclic) bond motifs is 1. The first-order valence-corrected chi connectivity index (χ1v) is 8.29. The highest BCUT2D eigenvalue weighted by Gasteiger charge is 2.07. The molecule has 1 aromatic heterocycles. The molecule has 0 saturated carbocycles. The summed E-state index contributed by atoms with van der Waals surface area (Å²) < 4.78 is 1.13. The molecule has 1 N–H and O–H groups in total. The summed E-state index contributed by atoms with van der Waals surface area (Å²) in [6.07, 6.45) is 2.50. The van der Waals surface area contributed by atoms with Gasteiger partial charge in [0.15, 0.2) is 0 Å². The van der Waals surface area contributed by atoms with Crippen LogP contribution in [0.25, 0.3) is 10.2 Å². The van der Waals surface area contributed by atoms with E-state index < -0.39 is 0 Å². The average Bonchev–Trinajstić information content (AvgIpc) is 2.90. The number of anilines is 1. The lowest BCUT2D eigenvalue weighted by atomic mass is 10.1. The predicted octanol–water partition coefficient (Wildman–Crippen LogP) is 4.43. The zero-order valence-corrected chi connectivity index (χ0v) is 13.3. The van der Waals surface area contributed by atoms with Crippen molar-refractivity contribution in [3.8, 4) is 0 Å². The smallest absolute Gasteiger partial charge is 0.228 e. The summed E-state index contributed by atoms with van der Waals surface area (Å²) in [5.74, 6) is 0.00356. The number of carbonyl (C=O) groups excluding carboxylic acids is 1. The Balaban J connectivity index is 1.71. The van der Waals surface area contributed by atoms with Crippen LogP contribution in [0.1, 0.15) is 23.9 Å². The van der Waals surface area contributed by atoms with E-state index in [-0.39, 0.29) is 5.91 Å². The monoisotopic (exact) mass is 310 g/mol. The number of thiazole rings is 1. The van der Waals surface area contributed by atoms with Gasteiger partial charge >= 0.3 is 0 Å². The van der Waals surface area contributed by atoms with Crippen molar-refractivity contribution in [1.29, 1.82) is 0 Å². The van der Waals surface area contributed by atoms with Gasteiger partial charge in [0.1, 0.15) is 0 Å². The van der Waals surface area contributed by atoms with Crippen molar-refractivity contribution in [2.75, 3.05) is 5.32 Å². The molecule has 22 heavy (non-hydrogen) atoms. The van der Waals surface area contributed by atoms with E-state index in [4.69, 9.17) is 0 Å². The fraction of sp³-hybridized carbons (Fsp3) is 0.222. The van der Waals surface area contributed by atoms with Crippen LogP contribution >= 0.6 is 11.3 Å². The van der Waals surface area contributed by atoms with Crippen LogP contribution in [0.2, 0.25) is 0 Å². The number of nitrogens with zero attached hydrogens (tertiary/aromatic N) is 1. The maximum atomic E-state index is 12.1. The van der Waals surface area contributed by atoms with Crippen molar-refractivity contribution in [2.24, 2.45) is 0 Å². The molecule has 112 valence electrons. The zero-order chi connectivity index (χ0) is 15.4. The van der Waals surface area contributed by atoms with E-state index in [1.807, 2.05) is 48.5 Å². The minimum Gasteiger partial charge on any atom is -0.326 e. The van der Waals surface area contributed by atoms with E-state index in [9.17, 15) is 4.79 Å². The Labute approximate surface area is 134 Å². The molecule has 0 aliphatic heterocycles. The third-order valence-electron chi connectivity index (χ3n) is 3.39. The van der Waals surface area contributed by atoms with Gasteiger partial charge in [-0.15, -0.1) is 11.3 Å². The van der Waals surface area contributed by atoms with Gasteiger partial charge in [0.05, 0.1) is 21.6 Å². The minimum atomic E-state index is 0.00356. The van der Waals surface area contributed by atoms with Crippen LogP contribution in [0.5, 0.6) is 0 Å². The number of nitrogens with one attached hydrogen (secondary N) is 1. The van der Waals surface area contributed by atoms with Gasteiger partial charge in [-0.1, -0.05) is 37.3 Å². The lowest BCUT2D eigenvalue weighted by Gasteiger charge is -2.05. The number of aryl methyl sites for hydroxylation is 1. The first-order valence-electron chi connectivity index (χ1n) is 7.48. The molecular formula is C18H18N2OS. The zero-order valence-electron chi connectivity index (χ0n) is 12.5. The SMILES string of the molecule is CCCc1nc2ccc(NC(=O)Cc3ccccc3)cc2s1. The molecule has 1 amide bonds. The number of amides is 1. The molecule has 0 fully saturated rings. The van der Waals surface area contributed by atoms with Crippen molar-refractivity contribution in [3.63, 3.8) is 0 Å². The van der Waals surface area contributed by atoms with E-state index in [2.05, 4.69) is 17.2 Å². The molecule has 0 spiro atoms. The van der Waals surface area contributed by atoms with E-state index in [0.717, 1.165) is 39.3 Å². The van der Waals surface area contributed by atoms with Crippen molar-refractivity contribution < 1.29 is 4.79 Å². The van der Waals surface area contributed by atoms with E-state index >= 15 is 0 Å². The number of aromatic nitrogens is 1. The standard InChI is InChI=1S/C18H18N2OS/c1-2-6-18-20-15-10-9-14(12-16(15)22-18)19-17(21)11-13-7-4-3-5-8-13/h3-5,7-10,12H,2,6,11H2,1H3,(H,19,21). The topological polar surface area (TPSA) is 42.0 Å². The average molecular weight is 310 g/mol. The van der Waals surface area contributed by atoms with Crippen LogP contribution in [0.15, 0.2) is 48.5 Å². The van der Waals surface area contributed by atoms with Gasteiger partial charge in [0.25, 0.3) is 0 Å². The second-order valence-corrected chi connectivity index (χ2v) is 6.37. The number of hydrogen-bond donors (Lipinski definition) is 1. The van der Waals surface area contributed by atoms with Crippen molar-refractivity contribution >= 4 is 33.1 Å². The van der Waals surface area contributed by atoms with Crippen LogP contribution in [0.4, 0.5) is 5.69 Å². The summed E-state index contributed by atoms with van der Waals surface area (Å²) in [4.78, 5) is 16.7. The van der Waals surface area contributed by atoms with Gasteiger partial charge in [-0.05, 0) is 36.6 Å². The molecule has 0 aliphatic carbocycles. The largest absolute Gasteiger partial charge is 0.326 e. The van der Waals surface area contributed by atoms with E-state index in [1.54, 1.807) is 11.3 Å². The van der Waals surface area contributed by atoms with Gasteiger partial charge < -0.3 is 5.32 Å². The summed E-state index contributed by atoms with van der Waals surface area (Å²) in [5.41, 5.74) is 2.86. The van der Waals surface area contributed by atoms with E-state index in [0.29, 0.717) is 6.42 Å². The highest BCUT2D eigenvalue weighted by molar-refractivity contribution is 7.18. The molecule has 1 heterocycles. The molecule has 0 atom stereocenters. The number of carbonyl (C=O) groups is 1. The molecule has 0 bridgehead atoms. The minimum absolute atomic E-state index is 0.00356. The molecule has 3 aromatic rings. The summed E-state index contributed by atoms with van der Waals surface area (Å²) in [6.45, 7) is 2.15. The van der Waals surface area contributed by atoms with Crippen LogP contribution in [0.3, 0.4) is 0 Å². The molecule has 0 saturated heterocycles. The van der Waals surface area contributed by atoms with E-state index in [1.165, 1.54) is 0 Å². The molecule has 0 unspecified atom stereocenters. The Morgan fingerprint density at radius 2 is 2.00 bits per heavy atom. The third-order valence-corrected chi connectivity index (χ3v) is 4.47. The highest BCUT2D eigenvalue weighted by Crippen LogP contribution is 2.26. The Bertz CT molecular complexity index is 780. The summed E-state index contributed by atoms with van der Waals surface area (Å²) in [6, 6.07) is 15.7. The third kappa shape index (κ3) is 3.52. The first-order chi connectivity index (χ1) is 10.7. The van der Waals surface area contributed by atoms with Gasteiger partial charge in [0, 0.05) is 5.69 Å². The van der Waals surface area contributed by atoms with Gasteiger partial charge in [0.2, 0.25) is 5.91 Å². The lowest BCUT2D eigenvalue weighted by molar-refractivity contribution is -0.115. The molecule has 3 nitrogen and oxygen atoms in total. The van der Waals surface area contributed by atoms with Gasteiger partial charge in [-0.3, -0.25) is 4.79 Å². The Morgan fingerprint density at radius 1 is 1.18 bits per heavy atom. The normalized spacial score (nSPS) is 10.8. The number of rotatable bonds is 5. The molecule has 0 radical (unpaired) electrons. The molecule has 4 heteroatoms. The molecule has 3 rings (SSSR count). The van der Waals surface area contributed by atoms with Crippen molar-refractivity contribution in [2.45, 2.75) is 26.2 Å². The molecular weight excluding hydrogens is 292 g/mol. The molecule has 0 aliphatic rings. The molecule has 2 aromatic carbocycles. The van der Waals surface area contributed by atoms with Gasteiger partial charge in [-0.25, -0.2) is 4.98 Å². The van der Waals surface area contributed by atoms with Crippen LogP contribution in [-0.4, -0.2) is 10.9 Å². The van der Waals surface area contributed by atoms with Crippen LogP contribution < -0.4 is 5.32 Å². The maximum Gasteiger partial charge on any atom is 0.228 e. The van der Waals surface area contributed by atoms with Gasteiger partial charge in [-0.2, -0.15) is 0 Å². The lowest BCUT2D eigenvalue weighted by Crippen LogP contribution is -2.14. The Hall–Kier alpha value is -2.20. The number of benzene rings is 2. The predicted molar refractivity (Wildman–Crippen MR) is 92.4 cm³/mol. The maximum absolute atomic E-state index is 12.1. The van der Waals surface area contributed by atoms with Crippen molar-refractivity contribution in [3.05, 3.63) is 59.1 Å². The van der Waals surface area contributed by atoms with Crippen LogP contribution in [0, 0.1) is 0 Å². The first kappa shape index (κ1) is 14.7. The Morgan fingerprint density at radius 3 is 2.77 bits per heavy atom. The summed E-state index contributed by atoms with van der Waals surface area (Å²) >= 11 is 1.70. The summed E-state index contributed by atoms with van der Waals surface area (Å²) in [7, 11) is 0.